The number of rotatable bonds is 5. The SMILES string of the molecule is C[CH2][Ge]([CH2]C)([CH2]C)[C](=O)c1cccc(C)c1. The molecule has 0 amide bonds. The topological polar surface area (TPSA) is 17.1 Å². The number of aryl methyl sites for hydroxylation is 1. The molecule has 0 aliphatic carbocycles. The van der Waals surface area contributed by atoms with Gasteiger partial charge in [0.1, 0.15) is 0 Å². The second kappa shape index (κ2) is 5.67. The van der Waals surface area contributed by atoms with E-state index >= 15 is 0 Å². The third-order valence-corrected chi connectivity index (χ3v) is 14.9. The summed E-state index contributed by atoms with van der Waals surface area (Å²) in [4.78, 5) is 12.6. The van der Waals surface area contributed by atoms with Gasteiger partial charge >= 0.3 is 102 Å². The molecule has 88 valence electrons. The van der Waals surface area contributed by atoms with E-state index in [-0.39, 0.29) is 0 Å². The first kappa shape index (κ1) is 13.5. The summed E-state index contributed by atoms with van der Waals surface area (Å²) in [6.45, 7) is 8.64. The molecular formula is C14H22GeO. The summed E-state index contributed by atoms with van der Waals surface area (Å²) in [6, 6.07) is 8.07. The second-order valence-electron chi connectivity index (χ2n) is 4.54. The van der Waals surface area contributed by atoms with Gasteiger partial charge in [0.25, 0.3) is 0 Å². The van der Waals surface area contributed by atoms with Gasteiger partial charge in [-0.05, 0) is 0 Å². The van der Waals surface area contributed by atoms with Crippen molar-refractivity contribution in [1.82, 2.24) is 0 Å². The Morgan fingerprint density at radius 2 is 1.69 bits per heavy atom. The van der Waals surface area contributed by atoms with Crippen molar-refractivity contribution in [3.63, 3.8) is 0 Å². The predicted octanol–water partition coefficient (Wildman–Crippen LogP) is 4.23. The Bertz CT molecular complexity index is 358. The van der Waals surface area contributed by atoms with E-state index in [1.165, 1.54) is 5.56 Å². The molecule has 0 aliphatic rings. The zero-order valence-electron chi connectivity index (χ0n) is 10.8. The van der Waals surface area contributed by atoms with Crippen LogP contribution in [0, 0.1) is 6.92 Å². The Hall–Kier alpha value is -0.567. The molecule has 16 heavy (non-hydrogen) atoms. The molecule has 0 saturated heterocycles. The molecule has 1 nitrogen and oxygen atoms in total. The average molecular weight is 279 g/mol. The van der Waals surface area contributed by atoms with Crippen LogP contribution in [0.4, 0.5) is 0 Å². The van der Waals surface area contributed by atoms with Crippen LogP contribution in [0.2, 0.25) is 15.8 Å². The zero-order valence-corrected chi connectivity index (χ0v) is 12.9. The fraction of sp³-hybridized carbons (Fsp3) is 0.500. The fourth-order valence-corrected chi connectivity index (χ4v) is 9.10. The quantitative estimate of drug-likeness (QED) is 0.737. The van der Waals surface area contributed by atoms with Crippen LogP contribution in [0.5, 0.6) is 0 Å². The molecule has 0 unspecified atom stereocenters. The zero-order chi connectivity index (χ0) is 12.2. The molecule has 0 fully saturated rings. The standard InChI is InChI=1S/C14H22GeO/c1-5-15(6-2,7-3)14(16)13-10-8-9-12(4)11-13/h8-11H,5-7H2,1-4H3. The van der Waals surface area contributed by atoms with E-state index in [1.54, 1.807) is 0 Å². The number of benzene rings is 1. The number of carbonyl (C=O) groups is 1. The van der Waals surface area contributed by atoms with Gasteiger partial charge in [0, 0.05) is 0 Å². The van der Waals surface area contributed by atoms with Crippen molar-refractivity contribution in [2.75, 3.05) is 0 Å². The van der Waals surface area contributed by atoms with E-state index < -0.39 is 13.3 Å². The Morgan fingerprint density at radius 1 is 1.12 bits per heavy atom. The van der Waals surface area contributed by atoms with E-state index in [2.05, 4.69) is 33.8 Å². The van der Waals surface area contributed by atoms with Crippen LogP contribution in [-0.2, 0) is 0 Å². The van der Waals surface area contributed by atoms with Crippen molar-refractivity contribution in [1.29, 1.82) is 0 Å². The molecule has 0 radical (unpaired) electrons. The molecular weight excluding hydrogens is 257 g/mol. The summed E-state index contributed by atoms with van der Waals surface area (Å²) in [6.07, 6.45) is 0. The van der Waals surface area contributed by atoms with E-state index in [9.17, 15) is 4.79 Å². The van der Waals surface area contributed by atoms with Crippen LogP contribution >= 0.6 is 0 Å². The van der Waals surface area contributed by atoms with Crippen molar-refractivity contribution in [2.45, 2.75) is 43.5 Å². The van der Waals surface area contributed by atoms with Crippen LogP contribution in [0.3, 0.4) is 0 Å². The monoisotopic (exact) mass is 280 g/mol. The molecule has 0 bridgehead atoms. The minimum atomic E-state index is -2.27. The molecule has 0 N–H and O–H groups in total. The van der Waals surface area contributed by atoms with Gasteiger partial charge in [-0.25, -0.2) is 0 Å². The normalized spacial score (nSPS) is 11.5. The average Bonchev–Trinajstić information content (AvgIpc) is 2.32. The second-order valence-corrected chi connectivity index (χ2v) is 15.3. The van der Waals surface area contributed by atoms with Gasteiger partial charge in [-0.1, -0.05) is 0 Å². The molecule has 0 spiro atoms. The summed E-state index contributed by atoms with van der Waals surface area (Å²) in [5.74, 6) is 0. The van der Waals surface area contributed by atoms with E-state index in [0.717, 1.165) is 21.3 Å². The number of hydrogen-bond donors (Lipinski definition) is 0. The van der Waals surface area contributed by atoms with Crippen LogP contribution in [0.1, 0.15) is 36.7 Å². The third kappa shape index (κ3) is 2.57. The fourth-order valence-electron chi connectivity index (χ4n) is 2.32. The molecule has 1 aromatic rings. The number of hydrogen-bond acceptors (Lipinski definition) is 1. The third-order valence-electron chi connectivity index (χ3n) is 3.79. The Kier molecular flexibility index (Phi) is 4.78. The molecule has 0 atom stereocenters. The van der Waals surface area contributed by atoms with E-state index in [1.807, 2.05) is 18.2 Å². The maximum atomic E-state index is 12.6. The van der Waals surface area contributed by atoms with Crippen molar-refractivity contribution >= 4 is 17.9 Å². The first-order chi connectivity index (χ1) is 7.59. The van der Waals surface area contributed by atoms with Crippen molar-refractivity contribution in [2.24, 2.45) is 0 Å². The van der Waals surface area contributed by atoms with Crippen LogP contribution in [0.25, 0.3) is 0 Å². The maximum absolute atomic E-state index is 12.6. The first-order valence-corrected chi connectivity index (χ1v) is 11.7. The molecule has 2 heteroatoms. The summed E-state index contributed by atoms with van der Waals surface area (Å²) >= 11 is -2.27. The summed E-state index contributed by atoms with van der Waals surface area (Å²) < 4.78 is 0.496. The molecule has 1 aromatic carbocycles. The molecule has 0 aliphatic heterocycles. The Morgan fingerprint density at radius 3 is 2.12 bits per heavy atom. The molecule has 0 heterocycles. The Balaban J connectivity index is 3.09. The van der Waals surface area contributed by atoms with Crippen molar-refractivity contribution in [3.8, 4) is 0 Å². The van der Waals surface area contributed by atoms with E-state index in [0.29, 0.717) is 4.62 Å². The Labute approximate surface area is 102 Å². The predicted molar refractivity (Wildman–Crippen MR) is 72.7 cm³/mol. The van der Waals surface area contributed by atoms with Crippen LogP contribution < -0.4 is 0 Å². The van der Waals surface area contributed by atoms with Gasteiger partial charge in [0.2, 0.25) is 0 Å². The molecule has 0 saturated carbocycles. The van der Waals surface area contributed by atoms with Crippen molar-refractivity contribution < 1.29 is 4.79 Å². The number of carbonyl (C=O) groups excluding carboxylic acids is 1. The van der Waals surface area contributed by atoms with Gasteiger partial charge in [-0.15, -0.1) is 0 Å². The van der Waals surface area contributed by atoms with E-state index in [4.69, 9.17) is 0 Å². The van der Waals surface area contributed by atoms with Crippen molar-refractivity contribution in [3.05, 3.63) is 35.4 Å². The molecule has 0 aromatic heterocycles. The summed E-state index contributed by atoms with van der Waals surface area (Å²) in [5, 5.41) is 3.33. The van der Waals surface area contributed by atoms with Crippen LogP contribution in [-0.4, -0.2) is 17.9 Å². The summed E-state index contributed by atoms with van der Waals surface area (Å²) in [5.41, 5.74) is 2.14. The molecule has 1 rings (SSSR count). The van der Waals surface area contributed by atoms with Gasteiger partial charge in [-0.3, -0.25) is 0 Å². The van der Waals surface area contributed by atoms with Crippen LogP contribution in [0.15, 0.2) is 24.3 Å². The van der Waals surface area contributed by atoms with Gasteiger partial charge < -0.3 is 0 Å². The van der Waals surface area contributed by atoms with Gasteiger partial charge in [0.05, 0.1) is 0 Å². The van der Waals surface area contributed by atoms with Gasteiger partial charge in [0.15, 0.2) is 0 Å². The summed E-state index contributed by atoms with van der Waals surface area (Å²) in [7, 11) is 0. The first-order valence-electron chi connectivity index (χ1n) is 6.21. The van der Waals surface area contributed by atoms with Gasteiger partial charge in [-0.2, -0.15) is 0 Å². The minimum absolute atomic E-state index is 0.496.